The zero-order valence-corrected chi connectivity index (χ0v) is 12.5. The van der Waals surface area contributed by atoms with Crippen LogP contribution < -0.4 is 10.1 Å². The first-order valence-electron chi connectivity index (χ1n) is 6.77. The molecule has 0 radical (unpaired) electrons. The zero-order chi connectivity index (χ0) is 15.9. The number of ether oxygens (including phenoxy) is 1. The number of anilines is 1. The van der Waals surface area contributed by atoms with Crippen molar-refractivity contribution in [1.82, 2.24) is 0 Å². The van der Waals surface area contributed by atoms with Gasteiger partial charge in [-0.05, 0) is 36.3 Å². The standard InChI is InChI=1S/C18H16N2O2/c1-13-8-9-17(22-2)16(10-13)20-18(21)15(12-19)11-14-6-4-3-5-7-14/h3-11H,1-2H3,(H,20,21)/b15-11+. The molecule has 2 aromatic carbocycles. The Bertz CT molecular complexity index is 743. The fraction of sp³-hybridized carbons (Fsp3) is 0.111. The molecule has 22 heavy (non-hydrogen) atoms. The van der Waals surface area contributed by atoms with Crippen molar-refractivity contribution < 1.29 is 9.53 Å². The van der Waals surface area contributed by atoms with E-state index in [1.165, 1.54) is 7.11 Å². The quantitative estimate of drug-likeness (QED) is 0.692. The van der Waals surface area contributed by atoms with Gasteiger partial charge in [0.15, 0.2) is 0 Å². The lowest BCUT2D eigenvalue weighted by Crippen LogP contribution is -2.14. The van der Waals surface area contributed by atoms with Crippen LogP contribution in [-0.2, 0) is 4.79 Å². The Morgan fingerprint density at radius 1 is 1.23 bits per heavy atom. The number of rotatable bonds is 4. The Labute approximate surface area is 129 Å². The number of benzene rings is 2. The summed E-state index contributed by atoms with van der Waals surface area (Å²) in [5, 5.41) is 11.9. The van der Waals surface area contributed by atoms with Crippen molar-refractivity contribution in [2.75, 3.05) is 12.4 Å². The number of carbonyl (C=O) groups is 1. The lowest BCUT2D eigenvalue weighted by molar-refractivity contribution is -0.112. The second-order valence-corrected chi connectivity index (χ2v) is 4.74. The maximum atomic E-state index is 12.3. The van der Waals surface area contributed by atoms with Crippen LogP contribution in [0.25, 0.3) is 6.08 Å². The molecule has 0 fully saturated rings. The van der Waals surface area contributed by atoms with E-state index >= 15 is 0 Å². The molecule has 0 aliphatic heterocycles. The summed E-state index contributed by atoms with van der Waals surface area (Å²) >= 11 is 0. The molecule has 1 amide bonds. The van der Waals surface area contributed by atoms with Gasteiger partial charge in [-0.3, -0.25) is 4.79 Å². The average molecular weight is 292 g/mol. The lowest BCUT2D eigenvalue weighted by Gasteiger charge is -2.10. The van der Waals surface area contributed by atoms with Crippen molar-refractivity contribution in [3.05, 3.63) is 65.2 Å². The first-order valence-corrected chi connectivity index (χ1v) is 6.77. The molecule has 4 heteroatoms. The maximum Gasteiger partial charge on any atom is 0.266 e. The number of amides is 1. The third-order valence-corrected chi connectivity index (χ3v) is 3.08. The van der Waals surface area contributed by atoms with Crippen molar-refractivity contribution in [1.29, 1.82) is 5.26 Å². The van der Waals surface area contributed by atoms with Crippen LogP contribution in [0.5, 0.6) is 5.75 Å². The number of hydrogen-bond acceptors (Lipinski definition) is 3. The van der Waals surface area contributed by atoms with Crippen LogP contribution in [0.4, 0.5) is 5.69 Å². The van der Waals surface area contributed by atoms with Gasteiger partial charge in [-0.2, -0.15) is 5.26 Å². The average Bonchev–Trinajstić information content (AvgIpc) is 2.53. The molecule has 1 N–H and O–H groups in total. The lowest BCUT2D eigenvalue weighted by atomic mass is 10.1. The number of nitrogens with zero attached hydrogens (tertiary/aromatic N) is 1. The molecule has 2 aromatic rings. The molecule has 110 valence electrons. The topological polar surface area (TPSA) is 62.1 Å². The fourth-order valence-electron chi connectivity index (χ4n) is 1.97. The molecule has 0 aromatic heterocycles. The fourth-order valence-corrected chi connectivity index (χ4v) is 1.97. The molecule has 0 saturated heterocycles. The van der Waals surface area contributed by atoms with Crippen molar-refractivity contribution in [2.24, 2.45) is 0 Å². The summed E-state index contributed by atoms with van der Waals surface area (Å²) in [4.78, 5) is 12.3. The van der Waals surface area contributed by atoms with Crippen LogP contribution in [0.3, 0.4) is 0 Å². The minimum absolute atomic E-state index is 0.0368. The predicted octanol–water partition coefficient (Wildman–Crippen LogP) is 3.55. The minimum atomic E-state index is -0.463. The minimum Gasteiger partial charge on any atom is -0.495 e. The Morgan fingerprint density at radius 3 is 2.59 bits per heavy atom. The van der Waals surface area contributed by atoms with Gasteiger partial charge in [0.25, 0.3) is 5.91 Å². The summed E-state index contributed by atoms with van der Waals surface area (Å²) in [6.07, 6.45) is 1.55. The number of carbonyl (C=O) groups excluding carboxylic acids is 1. The van der Waals surface area contributed by atoms with Crippen LogP contribution in [0.1, 0.15) is 11.1 Å². The van der Waals surface area contributed by atoms with Crippen LogP contribution >= 0.6 is 0 Å². The van der Waals surface area contributed by atoms with E-state index in [0.29, 0.717) is 11.4 Å². The van der Waals surface area contributed by atoms with Gasteiger partial charge in [-0.25, -0.2) is 0 Å². The van der Waals surface area contributed by atoms with Crippen molar-refractivity contribution >= 4 is 17.7 Å². The molecule has 0 aliphatic carbocycles. The van der Waals surface area contributed by atoms with Crippen LogP contribution in [0.2, 0.25) is 0 Å². The van der Waals surface area contributed by atoms with E-state index in [9.17, 15) is 10.1 Å². The highest BCUT2D eigenvalue weighted by atomic mass is 16.5. The first kappa shape index (κ1) is 15.3. The molecule has 0 saturated carbocycles. The van der Waals surface area contributed by atoms with E-state index < -0.39 is 5.91 Å². The Kier molecular flexibility index (Phi) is 4.94. The molecule has 0 unspecified atom stereocenters. The summed E-state index contributed by atoms with van der Waals surface area (Å²) < 4.78 is 5.22. The monoisotopic (exact) mass is 292 g/mol. The highest BCUT2D eigenvalue weighted by Gasteiger charge is 2.12. The van der Waals surface area contributed by atoms with Crippen LogP contribution in [0, 0.1) is 18.3 Å². The smallest absolute Gasteiger partial charge is 0.266 e. The molecule has 0 atom stereocenters. The number of nitriles is 1. The van der Waals surface area contributed by atoms with E-state index in [1.54, 1.807) is 18.2 Å². The van der Waals surface area contributed by atoms with E-state index in [1.807, 2.05) is 49.4 Å². The van der Waals surface area contributed by atoms with Gasteiger partial charge < -0.3 is 10.1 Å². The van der Waals surface area contributed by atoms with E-state index in [4.69, 9.17) is 4.74 Å². The Morgan fingerprint density at radius 2 is 1.95 bits per heavy atom. The van der Waals surface area contributed by atoms with Gasteiger partial charge in [0.05, 0.1) is 12.8 Å². The third-order valence-electron chi connectivity index (χ3n) is 3.08. The first-order chi connectivity index (χ1) is 10.6. The van der Waals surface area contributed by atoms with Crippen molar-refractivity contribution in [3.8, 4) is 11.8 Å². The van der Waals surface area contributed by atoms with Gasteiger partial charge in [0, 0.05) is 0 Å². The summed E-state index contributed by atoms with van der Waals surface area (Å²) in [5.74, 6) is 0.0891. The zero-order valence-electron chi connectivity index (χ0n) is 12.5. The third kappa shape index (κ3) is 3.74. The number of hydrogen-bond donors (Lipinski definition) is 1. The molecular weight excluding hydrogens is 276 g/mol. The van der Waals surface area contributed by atoms with Crippen molar-refractivity contribution in [3.63, 3.8) is 0 Å². The highest BCUT2D eigenvalue weighted by molar-refractivity contribution is 6.10. The van der Waals surface area contributed by atoms with Crippen LogP contribution in [-0.4, -0.2) is 13.0 Å². The van der Waals surface area contributed by atoms with Crippen LogP contribution in [0.15, 0.2) is 54.1 Å². The van der Waals surface area contributed by atoms with Gasteiger partial charge in [0.1, 0.15) is 17.4 Å². The number of nitrogens with one attached hydrogen (secondary N) is 1. The van der Waals surface area contributed by atoms with E-state index in [-0.39, 0.29) is 5.57 Å². The Hall–Kier alpha value is -3.06. The normalized spacial score (nSPS) is 10.7. The Balaban J connectivity index is 2.26. The summed E-state index contributed by atoms with van der Waals surface area (Å²) in [6, 6.07) is 16.6. The summed E-state index contributed by atoms with van der Waals surface area (Å²) in [5.41, 5.74) is 2.36. The summed E-state index contributed by atoms with van der Waals surface area (Å²) in [6.45, 7) is 1.92. The molecule has 4 nitrogen and oxygen atoms in total. The highest BCUT2D eigenvalue weighted by Crippen LogP contribution is 2.25. The largest absolute Gasteiger partial charge is 0.495 e. The second-order valence-electron chi connectivity index (χ2n) is 4.74. The number of methoxy groups -OCH3 is 1. The summed E-state index contributed by atoms with van der Waals surface area (Å²) in [7, 11) is 1.53. The SMILES string of the molecule is COc1ccc(C)cc1NC(=O)/C(C#N)=C/c1ccccc1. The predicted molar refractivity (Wildman–Crippen MR) is 86.4 cm³/mol. The molecular formula is C18H16N2O2. The molecule has 0 spiro atoms. The molecule has 2 rings (SSSR count). The van der Waals surface area contributed by atoms with Gasteiger partial charge in [0.2, 0.25) is 0 Å². The molecule has 0 bridgehead atoms. The van der Waals surface area contributed by atoms with Gasteiger partial charge in [-0.1, -0.05) is 36.4 Å². The van der Waals surface area contributed by atoms with E-state index in [0.717, 1.165) is 11.1 Å². The maximum absolute atomic E-state index is 12.3. The molecule has 0 heterocycles. The second kappa shape index (κ2) is 7.09. The van der Waals surface area contributed by atoms with E-state index in [2.05, 4.69) is 5.32 Å². The number of aryl methyl sites for hydroxylation is 1. The van der Waals surface area contributed by atoms with Gasteiger partial charge >= 0.3 is 0 Å². The van der Waals surface area contributed by atoms with Gasteiger partial charge in [-0.15, -0.1) is 0 Å². The molecule has 0 aliphatic rings. The van der Waals surface area contributed by atoms with Crippen molar-refractivity contribution in [2.45, 2.75) is 6.92 Å².